The van der Waals surface area contributed by atoms with Crippen LogP contribution in [0.15, 0.2) is 121 Å². The highest BCUT2D eigenvalue weighted by Gasteiger charge is 2.12. The standard InChI is InChI=1S/C29H27N.C7H9N/c1-22-4-10-25(11-5-22)12-13-26-14-20-29(21-15-26)30(27-16-6-23(2)7-17-27)28-18-8-24(3)9-19-28;1-6-2-4-7(8)5-3-6/h4-21H,1-3H3;2-5H,8H2,1H3/b13-12+;. The fourth-order valence-corrected chi connectivity index (χ4v) is 4.01. The van der Waals surface area contributed by atoms with Crippen LogP contribution >= 0.6 is 0 Å². The van der Waals surface area contributed by atoms with Crippen LogP contribution in [0.5, 0.6) is 0 Å². The number of rotatable bonds is 5. The summed E-state index contributed by atoms with van der Waals surface area (Å²) in [5.74, 6) is 0. The number of nitrogens with zero attached hydrogens (tertiary/aromatic N) is 1. The summed E-state index contributed by atoms with van der Waals surface area (Å²) in [7, 11) is 0. The molecule has 190 valence electrons. The van der Waals surface area contributed by atoms with Crippen molar-refractivity contribution in [3.63, 3.8) is 0 Å². The highest BCUT2D eigenvalue weighted by Crippen LogP contribution is 2.34. The molecule has 2 heteroatoms. The second-order valence-corrected chi connectivity index (χ2v) is 9.75. The third kappa shape index (κ3) is 7.47. The third-order valence-electron chi connectivity index (χ3n) is 6.36. The van der Waals surface area contributed by atoms with E-state index in [2.05, 4.69) is 135 Å². The smallest absolute Gasteiger partial charge is 0.0462 e. The summed E-state index contributed by atoms with van der Waals surface area (Å²) in [4.78, 5) is 2.30. The Morgan fingerprint density at radius 1 is 0.395 bits per heavy atom. The van der Waals surface area contributed by atoms with Crippen LogP contribution in [-0.2, 0) is 0 Å². The van der Waals surface area contributed by atoms with Gasteiger partial charge in [-0.15, -0.1) is 0 Å². The number of nitrogens with two attached hydrogens (primary N) is 1. The molecule has 0 spiro atoms. The molecule has 5 aromatic carbocycles. The second kappa shape index (κ2) is 12.6. The summed E-state index contributed by atoms with van der Waals surface area (Å²) < 4.78 is 0. The van der Waals surface area contributed by atoms with Gasteiger partial charge in [0, 0.05) is 22.7 Å². The van der Waals surface area contributed by atoms with Gasteiger partial charge in [-0.3, -0.25) is 0 Å². The van der Waals surface area contributed by atoms with Gasteiger partial charge in [0.1, 0.15) is 0 Å². The van der Waals surface area contributed by atoms with Crippen LogP contribution in [0.3, 0.4) is 0 Å². The molecule has 0 amide bonds. The second-order valence-electron chi connectivity index (χ2n) is 9.75. The fraction of sp³-hybridized carbons (Fsp3) is 0.111. The lowest BCUT2D eigenvalue weighted by Crippen LogP contribution is -2.09. The Balaban J connectivity index is 0.000000360. The average molecular weight is 497 g/mol. The minimum Gasteiger partial charge on any atom is -0.399 e. The molecule has 0 aliphatic heterocycles. The molecule has 38 heavy (non-hydrogen) atoms. The maximum absolute atomic E-state index is 5.43. The van der Waals surface area contributed by atoms with E-state index in [0.29, 0.717) is 0 Å². The molecule has 0 saturated carbocycles. The Kier molecular flexibility index (Phi) is 8.79. The molecule has 0 aliphatic rings. The molecule has 0 aromatic heterocycles. The largest absolute Gasteiger partial charge is 0.399 e. The molecule has 0 unspecified atom stereocenters. The normalized spacial score (nSPS) is 10.6. The number of anilines is 4. The van der Waals surface area contributed by atoms with E-state index in [1.54, 1.807) is 0 Å². The number of aryl methyl sites for hydroxylation is 4. The highest BCUT2D eigenvalue weighted by molar-refractivity contribution is 5.78. The van der Waals surface area contributed by atoms with Crippen LogP contribution in [-0.4, -0.2) is 0 Å². The first kappa shape index (κ1) is 26.5. The Hall–Kier alpha value is -4.56. The zero-order valence-corrected chi connectivity index (χ0v) is 22.7. The molecule has 5 rings (SSSR count). The van der Waals surface area contributed by atoms with E-state index in [1.807, 2.05) is 31.2 Å². The Bertz CT molecular complexity index is 1380. The molecular formula is C36H36N2. The van der Waals surface area contributed by atoms with Gasteiger partial charge < -0.3 is 10.6 Å². The first-order valence-corrected chi connectivity index (χ1v) is 13.0. The first-order valence-electron chi connectivity index (χ1n) is 13.0. The lowest BCUT2D eigenvalue weighted by Gasteiger charge is -2.25. The van der Waals surface area contributed by atoms with Crippen molar-refractivity contribution in [2.45, 2.75) is 27.7 Å². The maximum Gasteiger partial charge on any atom is 0.0462 e. The van der Waals surface area contributed by atoms with Crippen LogP contribution in [0.25, 0.3) is 12.2 Å². The lowest BCUT2D eigenvalue weighted by molar-refractivity contribution is 1.27. The molecule has 5 aromatic rings. The molecule has 0 aliphatic carbocycles. The van der Waals surface area contributed by atoms with E-state index >= 15 is 0 Å². The summed E-state index contributed by atoms with van der Waals surface area (Å²) >= 11 is 0. The number of hydrogen-bond acceptors (Lipinski definition) is 2. The summed E-state index contributed by atoms with van der Waals surface area (Å²) in [5, 5.41) is 0. The van der Waals surface area contributed by atoms with Crippen LogP contribution in [0, 0.1) is 27.7 Å². The van der Waals surface area contributed by atoms with Gasteiger partial charge in [0.05, 0.1) is 0 Å². The van der Waals surface area contributed by atoms with Crippen molar-refractivity contribution in [2.75, 3.05) is 10.6 Å². The summed E-state index contributed by atoms with van der Waals surface area (Å²) in [6.45, 7) is 8.39. The molecular weight excluding hydrogens is 460 g/mol. The summed E-state index contributed by atoms with van der Waals surface area (Å²) in [6, 6.07) is 42.5. The number of benzene rings is 5. The fourth-order valence-electron chi connectivity index (χ4n) is 4.01. The molecule has 2 nitrogen and oxygen atoms in total. The number of hydrogen-bond donors (Lipinski definition) is 1. The van der Waals surface area contributed by atoms with Gasteiger partial charge in [0.15, 0.2) is 0 Å². The van der Waals surface area contributed by atoms with E-state index in [1.165, 1.54) is 33.4 Å². The first-order chi connectivity index (χ1) is 18.4. The van der Waals surface area contributed by atoms with E-state index in [9.17, 15) is 0 Å². The third-order valence-corrected chi connectivity index (χ3v) is 6.36. The van der Waals surface area contributed by atoms with Crippen molar-refractivity contribution < 1.29 is 0 Å². The van der Waals surface area contributed by atoms with Crippen LogP contribution < -0.4 is 10.6 Å². The van der Waals surface area contributed by atoms with Gasteiger partial charge in [-0.2, -0.15) is 0 Å². The molecule has 2 N–H and O–H groups in total. The molecule has 0 bridgehead atoms. The molecule has 0 saturated heterocycles. The van der Waals surface area contributed by atoms with E-state index in [0.717, 1.165) is 22.7 Å². The molecule has 0 radical (unpaired) electrons. The predicted octanol–water partition coefficient (Wildman–Crippen LogP) is 9.83. The zero-order valence-electron chi connectivity index (χ0n) is 22.7. The average Bonchev–Trinajstić information content (AvgIpc) is 2.93. The Morgan fingerprint density at radius 3 is 1.00 bits per heavy atom. The van der Waals surface area contributed by atoms with E-state index in [-0.39, 0.29) is 0 Å². The van der Waals surface area contributed by atoms with Gasteiger partial charge in [-0.1, -0.05) is 107 Å². The SMILES string of the molecule is Cc1ccc(/C=C/c2ccc(N(c3ccc(C)cc3)c3ccc(C)cc3)cc2)cc1.Cc1ccc(N)cc1. The Morgan fingerprint density at radius 2 is 0.658 bits per heavy atom. The van der Waals surface area contributed by atoms with Crippen molar-refractivity contribution in [1.29, 1.82) is 0 Å². The van der Waals surface area contributed by atoms with Crippen molar-refractivity contribution in [1.82, 2.24) is 0 Å². The molecule has 0 atom stereocenters. The quantitative estimate of drug-likeness (QED) is 0.194. The summed E-state index contributed by atoms with van der Waals surface area (Å²) in [5.41, 5.74) is 17.2. The van der Waals surface area contributed by atoms with Crippen molar-refractivity contribution >= 4 is 34.9 Å². The van der Waals surface area contributed by atoms with Gasteiger partial charge in [0.2, 0.25) is 0 Å². The number of nitrogen functional groups attached to an aromatic ring is 1. The molecule has 0 fully saturated rings. The van der Waals surface area contributed by atoms with Gasteiger partial charge >= 0.3 is 0 Å². The minimum absolute atomic E-state index is 0.829. The Labute approximate surface area is 227 Å². The van der Waals surface area contributed by atoms with Crippen molar-refractivity contribution in [3.8, 4) is 0 Å². The summed E-state index contributed by atoms with van der Waals surface area (Å²) in [6.07, 6.45) is 4.32. The molecule has 0 heterocycles. The van der Waals surface area contributed by atoms with Gasteiger partial charge in [-0.25, -0.2) is 0 Å². The predicted molar refractivity (Wildman–Crippen MR) is 166 cm³/mol. The maximum atomic E-state index is 5.43. The van der Waals surface area contributed by atoms with E-state index < -0.39 is 0 Å². The zero-order chi connectivity index (χ0) is 26.9. The van der Waals surface area contributed by atoms with E-state index in [4.69, 9.17) is 5.73 Å². The van der Waals surface area contributed by atoms with Crippen LogP contribution in [0.4, 0.5) is 22.7 Å². The monoisotopic (exact) mass is 496 g/mol. The lowest BCUT2D eigenvalue weighted by atomic mass is 10.1. The van der Waals surface area contributed by atoms with Crippen LogP contribution in [0.1, 0.15) is 33.4 Å². The van der Waals surface area contributed by atoms with Gasteiger partial charge in [-0.05, 0) is 87.4 Å². The topological polar surface area (TPSA) is 29.3 Å². The van der Waals surface area contributed by atoms with Gasteiger partial charge in [0.25, 0.3) is 0 Å². The highest BCUT2D eigenvalue weighted by atomic mass is 15.1. The van der Waals surface area contributed by atoms with Crippen LogP contribution in [0.2, 0.25) is 0 Å². The minimum atomic E-state index is 0.829. The van der Waals surface area contributed by atoms with Crippen molar-refractivity contribution in [2.24, 2.45) is 0 Å². The van der Waals surface area contributed by atoms with Crippen molar-refractivity contribution in [3.05, 3.63) is 155 Å².